The number of nitrogens with one attached hydrogen (secondary N) is 2. The van der Waals surface area contributed by atoms with E-state index < -0.39 is 6.03 Å². The van der Waals surface area contributed by atoms with Gasteiger partial charge in [0.05, 0.1) is 0 Å². The van der Waals surface area contributed by atoms with Gasteiger partial charge < -0.3 is 15.4 Å². The van der Waals surface area contributed by atoms with E-state index in [1.807, 2.05) is 54.6 Å². The van der Waals surface area contributed by atoms with Gasteiger partial charge in [-0.1, -0.05) is 71.4 Å². The third-order valence-corrected chi connectivity index (χ3v) is 8.67. The summed E-state index contributed by atoms with van der Waals surface area (Å²) < 4.78 is 7.94. The fraction of sp³-hybridized carbons (Fsp3) is 0.462. The molecule has 0 bridgehead atoms. The van der Waals surface area contributed by atoms with E-state index in [-0.39, 0.29) is 23.1 Å². The number of pyridine rings is 2. The molecule has 0 unspecified atom stereocenters. The second kappa shape index (κ2) is 16.1. The minimum absolute atomic E-state index is 0.202. The first-order valence-corrected chi connectivity index (χ1v) is 17.2. The molecule has 2 aromatic carbocycles. The van der Waals surface area contributed by atoms with E-state index in [4.69, 9.17) is 4.74 Å². The van der Waals surface area contributed by atoms with Crippen LogP contribution in [0.4, 0.5) is 16.2 Å². The highest BCUT2D eigenvalue weighted by atomic mass is 16.5. The van der Waals surface area contributed by atoms with Gasteiger partial charge in [0.25, 0.3) is 5.56 Å². The number of benzene rings is 2. The summed E-state index contributed by atoms with van der Waals surface area (Å²) >= 11 is 0. The predicted octanol–water partition coefficient (Wildman–Crippen LogP) is 9.25. The zero-order valence-corrected chi connectivity index (χ0v) is 29.7. The number of unbranched alkanes of at least 4 members (excludes halogenated alkanes) is 1. The molecule has 8 nitrogen and oxygen atoms in total. The van der Waals surface area contributed by atoms with Crippen LogP contribution in [0.15, 0.2) is 65.6 Å². The largest absolute Gasteiger partial charge is 0.492 e. The number of para-hydroxylation sites is 1. The second-order valence-corrected chi connectivity index (χ2v) is 13.4. The first kappa shape index (κ1) is 35.7. The molecule has 0 saturated carbocycles. The van der Waals surface area contributed by atoms with E-state index in [0.29, 0.717) is 42.2 Å². The van der Waals surface area contributed by atoms with Crippen LogP contribution in [0.5, 0.6) is 5.75 Å². The molecule has 8 heteroatoms. The number of aromatic nitrogens is 2. The molecule has 0 aliphatic rings. The molecule has 2 aromatic heterocycles. The average Bonchev–Trinajstić information content (AvgIpc) is 3.02. The predicted molar refractivity (Wildman–Crippen MR) is 196 cm³/mol. The van der Waals surface area contributed by atoms with Crippen LogP contribution in [0, 0.1) is 0 Å². The molecule has 0 aliphatic heterocycles. The Labute approximate surface area is 280 Å². The van der Waals surface area contributed by atoms with Crippen molar-refractivity contribution in [2.24, 2.45) is 0 Å². The lowest BCUT2D eigenvalue weighted by Gasteiger charge is -2.30. The van der Waals surface area contributed by atoms with Gasteiger partial charge in [0.15, 0.2) is 0 Å². The van der Waals surface area contributed by atoms with Gasteiger partial charge in [-0.05, 0) is 86.9 Å². The number of carbonyl (C=O) groups is 1. The smallest absolute Gasteiger partial charge is 0.323 e. The number of amides is 2. The molecule has 0 spiro atoms. The first-order chi connectivity index (χ1) is 22.4. The van der Waals surface area contributed by atoms with Crippen LogP contribution in [0.1, 0.15) is 98.1 Å². The van der Waals surface area contributed by atoms with Crippen molar-refractivity contribution >= 4 is 28.4 Å². The normalized spacial score (nSPS) is 11.8. The molecule has 0 saturated heterocycles. The molecule has 0 radical (unpaired) electrons. The molecular weight excluding hydrogens is 586 g/mol. The van der Waals surface area contributed by atoms with E-state index in [2.05, 4.69) is 82.8 Å². The van der Waals surface area contributed by atoms with Gasteiger partial charge in [0.2, 0.25) is 0 Å². The van der Waals surface area contributed by atoms with E-state index >= 15 is 0 Å². The summed E-state index contributed by atoms with van der Waals surface area (Å²) in [5, 5.41) is 6.93. The SMILES string of the molecule is CCCCn1c(=O)c(NC(=O)Nc2c(C(C)C)cccc2C(C)C)c(-c2cccc(OCCN(C(C)C)C(C)C)c2)c2cccnc21. The number of hydrogen-bond acceptors (Lipinski definition) is 5. The van der Waals surface area contributed by atoms with Crippen molar-refractivity contribution < 1.29 is 9.53 Å². The van der Waals surface area contributed by atoms with Gasteiger partial charge in [-0.25, -0.2) is 9.78 Å². The summed E-state index contributed by atoms with van der Waals surface area (Å²) in [7, 11) is 0. The van der Waals surface area contributed by atoms with Crippen molar-refractivity contribution in [2.45, 2.75) is 106 Å². The molecule has 47 heavy (non-hydrogen) atoms. The third-order valence-electron chi connectivity index (χ3n) is 8.67. The van der Waals surface area contributed by atoms with Crippen molar-refractivity contribution in [3.63, 3.8) is 0 Å². The maximum atomic E-state index is 14.3. The van der Waals surface area contributed by atoms with Crippen molar-refractivity contribution in [1.29, 1.82) is 0 Å². The van der Waals surface area contributed by atoms with E-state index in [1.54, 1.807) is 10.8 Å². The Bertz CT molecular complexity index is 1690. The molecule has 0 atom stereocenters. The van der Waals surface area contributed by atoms with Gasteiger partial charge in [0.1, 0.15) is 23.7 Å². The minimum atomic E-state index is -0.460. The summed E-state index contributed by atoms with van der Waals surface area (Å²) in [5.74, 6) is 1.10. The highest BCUT2D eigenvalue weighted by molar-refractivity contribution is 6.07. The van der Waals surface area contributed by atoms with Gasteiger partial charge in [-0.3, -0.25) is 14.3 Å². The van der Waals surface area contributed by atoms with E-state index in [0.717, 1.165) is 47.2 Å². The summed E-state index contributed by atoms with van der Waals surface area (Å²) in [4.78, 5) is 35.3. The lowest BCUT2D eigenvalue weighted by molar-refractivity contribution is 0.142. The Hall–Kier alpha value is -4.17. The van der Waals surface area contributed by atoms with E-state index in [9.17, 15) is 9.59 Å². The zero-order chi connectivity index (χ0) is 34.2. The third kappa shape index (κ3) is 8.41. The molecule has 4 aromatic rings. The summed E-state index contributed by atoms with van der Waals surface area (Å²) in [6, 6.07) is 18.1. The Balaban J connectivity index is 1.80. The topological polar surface area (TPSA) is 88.5 Å². The van der Waals surface area contributed by atoms with Crippen molar-refractivity contribution in [1.82, 2.24) is 14.5 Å². The van der Waals surface area contributed by atoms with Crippen LogP contribution >= 0.6 is 0 Å². The number of hydrogen-bond donors (Lipinski definition) is 2. The van der Waals surface area contributed by atoms with Crippen molar-refractivity contribution in [2.75, 3.05) is 23.8 Å². The Morgan fingerprint density at radius 1 is 0.872 bits per heavy atom. The number of carbonyl (C=O) groups excluding carboxylic acids is 1. The van der Waals surface area contributed by atoms with Gasteiger partial charge >= 0.3 is 6.03 Å². The van der Waals surface area contributed by atoms with E-state index in [1.165, 1.54) is 0 Å². The van der Waals surface area contributed by atoms with Gasteiger partial charge in [-0.15, -0.1) is 0 Å². The van der Waals surface area contributed by atoms with Crippen LogP contribution in [-0.4, -0.2) is 45.7 Å². The lowest BCUT2D eigenvalue weighted by atomic mass is 9.93. The Morgan fingerprint density at radius 3 is 2.13 bits per heavy atom. The van der Waals surface area contributed by atoms with Crippen LogP contribution in [-0.2, 0) is 6.54 Å². The fourth-order valence-electron chi connectivity index (χ4n) is 6.30. The van der Waals surface area contributed by atoms with Gasteiger partial charge in [-0.2, -0.15) is 0 Å². The summed E-state index contributed by atoms with van der Waals surface area (Å²) in [6.45, 7) is 21.1. The van der Waals surface area contributed by atoms with Crippen LogP contribution in [0.25, 0.3) is 22.2 Å². The highest BCUT2D eigenvalue weighted by Crippen LogP contribution is 2.36. The number of anilines is 2. The Morgan fingerprint density at radius 2 is 1.51 bits per heavy atom. The van der Waals surface area contributed by atoms with Crippen LogP contribution in [0.3, 0.4) is 0 Å². The number of urea groups is 1. The zero-order valence-electron chi connectivity index (χ0n) is 29.7. The number of aryl methyl sites for hydroxylation is 1. The minimum Gasteiger partial charge on any atom is -0.492 e. The molecule has 2 amide bonds. The summed E-state index contributed by atoms with van der Waals surface area (Å²) in [5.41, 5.74) is 4.81. The number of fused-ring (bicyclic) bond motifs is 1. The van der Waals surface area contributed by atoms with Crippen LogP contribution < -0.4 is 20.9 Å². The molecule has 0 fully saturated rings. The molecule has 2 N–H and O–H groups in total. The number of ether oxygens (including phenoxy) is 1. The number of rotatable bonds is 14. The average molecular weight is 640 g/mol. The molecular formula is C39H53N5O3. The lowest BCUT2D eigenvalue weighted by Crippen LogP contribution is -2.39. The Kier molecular flexibility index (Phi) is 12.2. The molecule has 252 valence electrons. The molecule has 4 rings (SSSR count). The quantitative estimate of drug-likeness (QED) is 0.144. The summed E-state index contributed by atoms with van der Waals surface area (Å²) in [6.07, 6.45) is 3.43. The fourth-order valence-corrected chi connectivity index (χ4v) is 6.30. The molecule has 2 heterocycles. The number of nitrogens with zero attached hydrogens (tertiary/aromatic N) is 3. The maximum Gasteiger partial charge on any atom is 0.323 e. The maximum absolute atomic E-state index is 14.3. The molecule has 0 aliphatic carbocycles. The van der Waals surface area contributed by atoms with Gasteiger partial charge in [0, 0.05) is 48.0 Å². The standard InChI is InChI=1S/C39H53N5O3/c1-10-11-21-44-37-33(19-14-20-40-37)34(29-15-12-16-30(24-29)47-23-22-43(27(6)7)28(8)9)36(38(44)45)42-39(46)41-35-31(25(2)3)17-13-18-32(35)26(4)5/h12-20,24-28H,10-11,21-23H2,1-9H3,(H2,41,42,46). The van der Waals surface area contributed by atoms with Crippen molar-refractivity contribution in [3.8, 4) is 16.9 Å². The van der Waals surface area contributed by atoms with Crippen LogP contribution in [0.2, 0.25) is 0 Å². The second-order valence-electron chi connectivity index (χ2n) is 13.4. The van der Waals surface area contributed by atoms with Crippen molar-refractivity contribution in [3.05, 3.63) is 82.3 Å². The highest BCUT2D eigenvalue weighted by Gasteiger charge is 2.23. The monoisotopic (exact) mass is 639 g/mol. The first-order valence-electron chi connectivity index (χ1n) is 17.2.